The molecule has 0 radical (unpaired) electrons. The van der Waals surface area contributed by atoms with E-state index in [1.165, 1.54) is 0 Å². The fourth-order valence-corrected chi connectivity index (χ4v) is 9.15. The molecular formula is C56H34N4O2. The van der Waals surface area contributed by atoms with E-state index in [0.717, 1.165) is 122 Å². The van der Waals surface area contributed by atoms with Crippen molar-refractivity contribution >= 4 is 65.9 Å². The Morgan fingerprint density at radius 1 is 0.290 bits per heavy atom. The second kappa shape index (κ2) is 13.5. The van der Waals surface area contributed by atoms with Crippen molar-refractivity contribution in [3.63, 3.8) is 0 Å². The summed E-state index contributed by atoms with van der Waals surface area (Å²) in [6.45, 7) is 0. The van der Waals surface area contributed by atoms with Crippen LogP contribution in [0.5, 0.6) is 0 Å². The summed E-state index contributed by atoms with van der Waals surface area (Å²) in [6.07, 6.45) is 0. The number of rotatable bonds is 6. The molecule has 62 heavy (non-hydrogen) atoms. The van der Waals surface area contributed by atoms with E-state index in [0.29, 0.717) is 0 Å². The Bertz CT molecular complexity index is 3590. The van der Waals surface area contributed by atoms with E-state index in [1.807, 2.05) is 30.3 Å². The summed E-state index contributed by atoms with van der Waals surface area (Å²) in [5.74, 6) is 1.84. The van der Waals surface area contributed by atoms with Crippen LogP contribution < -0.4 is 0 Å². The first-order valence-electron chi connectivity index (χ1n) is 20.8. The van der Waals surface area contributed by atoms with Gasteiger partial charge in [0, 0.05) is 50.1 Å². The van der Waals surface area contributed by atoms with Crippen LogP contribution >= 0.6 is 0 Å². The summed E-state index contributed by atoms with van der Waals surface area (Å²) in [5, 5.41) is 4.25. The molecule has 0 aliphatic carbocycles. The normalized spacial score (nSPS) is 11.9. The van der Waals surface area contributed by atoms with Gasteiger partial charge in [0.15, 0.2) is 0 Å². The first kappa shape index (κ1) is 34.4. The standard InChI is InChI=1S/C56H34N4O2/c1-3-11-37(12-4-1)55-57-47-15-7-9-17-49(47)59(55)41-25-19-35(20-26-41)39-23-29-51-43(31-39)45-33-46-44-32-40(24-30-52(44)62-54(46)34-53(45)61-51)36-21-27-42(28-22-36)60-50-18-10-8-16-48(50)58-56(60)38-13-5-2-6-14-38/h1-34H. The zero-order valence-corrected chi connectivity index (χ0v) is 33.2. The second-order valence-corrected chi connectivity index (χ2v) is 15.8. The van der Waals surface area contributed by atoms with E-state index in [-0.39, 0.29) is 0 Å². The number of fused-ring (bicyclic) bond motifs is 8. The molecule has 6 heteroatoms. The molecule has 0 aliphatic heterocycles. The Kier molecular flexibility index (Phi) is 7.50. The molecule has 0 saturated heterocycles. The van der Waals surface area contributed by atoms with Gasteiger partial charge in [0.1, 0.15) is 34.0 Å². The summed E-state index contributed by atoms with van der Waals surface area (Å²) in [5.41, 5.74) is 16.1. The van der Waals surface area contributed by atoms with Gasteiger partial charge in [0.2, 0.25) is 0 Å². The second-order valence-electron chi connectivity index (χ2n) is 15.8. The molecule has 4 aromatic heterocycles. The van der Waals surface area contributed by atoms with Crippen molar-refractivity contribution in [1.29, 1.82) is 0 Å². The Morgan fingerprint density at radius 2 is 0.677 bits per heavy atom. The lowest BCUT2D eigenvalue weighted by molar-refractivity contribution is 0.656. The Morgan fingerprint density at radius 3 is 1.13 bits per heavy atom. The number of hydrogen-bond acceptors (Lipinski definition) is 4. The van der Waals surface area contributed by atoms with E-state index in [9.17, 15) is 0 Å². The highest BCUT2D eigenvalue weighted by Gasteiger charge is 2.18. The Labute approximate surface area is 355 Å². The average molecular weight is 795 g/mol. The van der Waals surface area contributed by atoms with Crippen LogP contribution in [0.2, 0.25) is 0 Å². The van der Waals surface area contributed by atoms with Crippen molar-refractivity contribution in [3.8, 4) is 56.4 Å². The maximum absolute atomic E-state index is 6.43. The van der Waals surface area contributed by atoms with Crippen LogP contribution in [0.15, 0.2) is 215 Å². The number of furan rings is 2. The fourth-order valence-electron chi connectivity index (χ4n) is 9.15. The van der Waals surface area contributed by atoms with Gasteiger partial charge < -0.3 is 8.83 Å². The first-order valence-corrected chi connectivity index (χ1v) is 20.8. The number of nitrogens with zero attached hydrogens (tertiary/aromatic N) is 4. The molecule has 13 rings (SSSR count). The molecule has 290 valence electrons. The van der Waals surface area contributed by atoms with Gasteiger partial charge in [-0.25, -0.2) is 9.97 Å². The van der Waals surface area contributed by atoms with Gasteiger partial charge in [-0.05, 0) is 101 Å². The van der Waals surface area contributed by atoms with Crippen molar-refractivity contribution in [3.05, 3.63) is 206 Å². The molecule has 0 fully saturated rings. The highest BCUT2D eigenvalue weighted by Crippen LogP contribution is 2.40. The van der Waals surface area contributed by atoms with Crippen LogP contribution in [0.4, 0.5) is 0 Å². The van der Waals surface area contributed by atoms with Crippen molar-refractivity contribution in [2.45, 2.75) is 0 Å². The molecule has 0 aliphatic rings. The minimum atomic E-state index is 0.803. The Balaban J connectivity index is 0.859. The molecule has 0 saturated carbocycles. The molecule has 0 unspecified atom stereocenters. The van der Waals surface area contributed by atoms with E-state index in [2.05, 4.69) is 185 Å². The number of benzene rings is 9. The van der Waals surface area contributed by atoms with Gasteiger partial charge in [-0.1, -0.05) is 121 Å². The number of para-hydroxylation sites is 4. The van der Waals surface area contributed by atoms with Gasteiger partial charge >= 0.3 is 0 Å². The quantitative estimate of drug-likeness (QED) is 0.168. The zero-order chi connectivity index (χ0) is 40.7. The minimum absolute atomic E-state index is 0.803. The summed E-state index contributed by atoms with van der Waals surface area (Å²) in [4.78, 5) is 10.1. The third-order valence-corrected chi connectivity index (χ3v) is 12.2. The maximum atomic E-state index is 6.43. The van der Waals surface area contributed by atoms with Crippen molar-refractivity contribution in [1.82, 2.24) is 19.1 Å². The molecule has 6 nitrogen and oxygen atoms in total. The molecule has 13 aromatic rings. The lowest BCUT2D eigenvalue weighted by Crippen LogP contribution is -1.97. The van der Waals surface area contributed by atoms with Crippen molar-refractivity contribution in [2.75, 3.05) is 0 Å². The predicted molar refractivity (Wildman–Crippen MR) is 252 cm³/mol. The summed E-state index contributed by atoms with van der Waals surface area (Å²) in [6, 6.07) is 72.0. The first-order chi connectivity index (χ1) is 30.7. The smallest absolute Gasteiger partial charge is 0.145 e. The van der Waals surface area contributed by atoms with Crippen LogP contribution in [0.25, 0.3) is 122 Å². The number of hydrogen-bond donors (Lipinski definition) is 0. The van der Waals surface area contributed by atoms with Gasteiger partial charge in [-0.3, -0.25) is 9.13 Å². The van der Waals surface area contributed by atoms with Crippen LogP contribution in [0.3, 0.4) is 0 Å². The third-order valence-electron chi connectivity index (χ3n) is 12.2. The van der Waals surface area contributed by atoms with E-state index in [1.54, 1.807) is 0 Å². The van der Waals surface area contributed by atoms with Gasteiger partial charge in [-0.2, -0.15) is 0 Å². The highest BCUT2D eigenvalue weighted by molar-refractivity contribution is 6.16. The Hall–Kier alpha value is -8.48. The third kappa shape index (κ3) is 5.44. The lowest BCUT2D eigenvalue weighted by atomic mass is 10.0. The lowest BCUT2D eigenvalue weighted by Gasteiger charge is -2.11. The largest absolute Gasteiger partial charge is 0.456 e. The van der Waals surface area contributed by atoms with Gasteiger partial charge in [-0.15, -0.1) is 0 Å². The molecule has 0 N–H and O–H groups in total. The molecule has 0 bridgehead atoms. The summed E-state index contributed by atoms with van der Waals surface area (Å²) < 4.78 is 17.4. The maximum Gasteiger partial charge on any atom is 0.145 e. The van der Waals surface area contributed by atoms with Crippen LogP contribution in [0, 0.1) is 0 Å². The predicted octanol–water partition coefficient (Wildman–Crippen LogP) is 14.8. The molecular weight excluding hydrogens is 761 g/mol. The SMILES string of the molecule is c1ccc(-c2nc3ccccc3n2-c2ccc(-c3ccc4oc5cc6oc7ccc(-c8ccc(-n9c(-c%10ccccc%10)nc%10ccccc%109)cc8)cc7c6cc5c4c3)cc2)cc1. The van der Waals surface area contributed by atoms with E-state index in [4.69, 9.17) is 18.8 Å². The van der Waals surface area contributed by atoms with Gasteiger partial charge in [0.25, 0.3) is 0 Å². The van der Waals surface area contributed by atoms with Crippen LogP contribution in [-0.2, 0) is 0 Å². The summed E-state index contributed by atoms with van der Waals surface area (Å²) >= 11 is 0. The molecule has 0 spiro atoms. The summed E-state index contributed by atoms with van der Waals surface area (Å²) in [7, 11) is 0. The molecule has 0 atom stereocenters. The average Bonchev–Trinajstić information content (AvgIpc) is 4.11. The van der Waals surface area contributed by atoms with Crippen molar-refractivity contribution < 1.29 is 8.83 Å². The van der Waals surface area contributed by atoms with Crippen LogP contribution in [-0.4, -0.2) is 19.1 Å². The topological polar surface area (TPSA) is 61.9 Å². The minimum Gasteiger partial charge on any atom is -0.456 e. The van der Waals surface area contributed by atoms with Crippen LogP contribution in [0.1, 0.15) is 0 Å². The number of aromatic nitrogens is 4. The monoisotopic (exact) mass is 794 g/mol. The molecule has 4 heterocycles. The highest BCUT2D eigenvalue weighted by atomic mass is 16.3. The van der Waals surface area contributed by atoms with Gasteiger partial charge in [0.05, 0.1) is 22.1 Å². The molecule has 0 amide bonds. The number of imidazole rings is 2. The van der Waals surface area contributed by atoms with Crippen molar-refractivity contribution in [2.24, 2.45) is 0 Å². The molecule has 9 aromatic carbocycles. The van der Waals surface area contributed by atoms with E-state index < -0.39 is 0 Å². The fraction of sp³-hybridized carbons (Fsp3) is 0. The van der Waals surface area contributed by atoms with E-state index >= 15 is 0 Å². The zero-order valence-electron chi connectivity index (χ0n) is 33.2.